The van der Waals surface area contributed by atoms with Crippen molar-refractivity contribution in [2.24, 2.45) is 0 Å². The van der Waals surface area contributed by atoms with Crippen LogP contribution in [0.2, 0.25) is 0 Å². The predicted octanol–water partition coefficient (Wildman–Crippen LogP) is 3.05. The summed E-state index contributed by atoms with van der Waals surface area (Å²) in [6.45, 7) is 2.83. The van der Waals surface area contributed by atoms with E-state index in [-0.39, 0.29) is 5.91 Å². The Bertz CT molecular complexity index is 1090. The number of nitrogens with one attached hydrogen (secondary N) is 1. The second-order valence-corrected chi connectivity index (χ2v) is 7.22. The molecule has 0 aliphatic rings. The molecule has 142 valence electrons. The fraction of sp³-hybridized carbons (Fsp3) is 0.200. The number of aromatic nitrogens is 4. The van der Waals surface area contributed by atoms with Gasteiger partial charge in [0.05, 0.1) is 0 Å². The summed E-state index contributed by atoms with van der Waals surface area (Å²) in [5.74, 6) is 1.39. The molecule has 0 fully saturated rings. The number of carbonyl (C=O) groups excluding carboxylic acids is 1. The van der Waals surface area contributed by atoms with E-state index in [4.69, 9.17) is 4.74 Å². The fourth-order valence-corrected chi connectivity index (χ4v) is 3.39. The molecule has 0 spiro atoms. The molecule has 8 heteroatoms. The van der Waals surface area contributed by atoms with E-state index in [1.807, 2.05) is 60.0 Å². The van der Waals surface area contributed by atoms with Gasteiger partial charge < -0.3 is 10.1 Å². The van der Waals surface area contributed by atoms with Gasteiger partial charge in [0.25, 0.3) is 5.91 Å². The summed E-state index contributed by atoms with van der Waals surface area (Å²) >= 11 is 1.41. The highest BCUT2D eigenvalue weighted by Gasteiger charge is 2.12. The van der Waals surface area contributed by atoms with E-state index in [9.17, 15) is 4.79 Å². The van der Waals surface area contributed by atoms with E-state index in [1.54, 1.807) is 5.38 Å². The van der Waals surface area contributed by atoms with E-state index in [1.165, 1.54) is 16.9 Å². The van der Waals surface area contributed by atoms with Gasteiger partial charge in [-0.3, -0.25) is 9.20 Å². The van der Waals surface area contributed by atoms with Crippen LogP contribution < -0.4 is 10.1 Å². The summed E-state index contributed by atoms with van der Waals surface area (Å²) in [7, 11) is 0. The third kappa shape index (κ3) is 4.17. The Hall–Kier alpha value is -3.26. The number of pyridine rings is 1. The molecule has 0 unspecified atom stereocenters. The molecule has 3 aromatic heterocycles. The van der Waals surface area contributed by atoms with Crippen molar-refractivity contribution in [2.45, 2.75) is 20.0 Å². The van der Waals surface area contributed by atoms with Gasteiger partial charge in [0.1, 0.15) is 28.9 Å². The molecule has 0 aliphatic heterocycles. The summed E-state index contributed by atoms with van der Waals surface area (Å²) in [4.78, 5) is 16.7. The fourth-order valence-electron chi connectivity index (χ4n) is 2.70. The van der Waals surface area contributed by atoms with Gasteiger partial charge >= 0.3 is 0 Å². The number of aryl methyl sites for hydroxylation is 1. The highest BCUT2D eigenvalue weighted by atomic mass is 32.1. The van der Waals surface area contributed by atoms with Crippen molar-refractivity contribution in [1.29, 1.82) is 0 Å². The first-order chi connectivity index (χ1) is 13.7. The molecule has 0 aliphatic carbocycles. The standard InChI is InChI=1S/C20H19N5O2S/c1-14-5-7-15(8-6-14)27-12-19-22-16(13-28-19)20(26)21-10-9-18-24-23-17-4-2-3-11-25(17)18/h2-8,11,13H,9-10,12H2,1H3,(H,21,26). The zero-order valence-electron chi connectivity index (χ0n) is 15.3. The lowest BCUT2D eigenvalue weighted by Crippen LogP contribution is -2.26. The average molecular weight is 393 g/mol. The SMILES string of the molecule is Cc1ccc(OCc2nc(C(=O)NCCc3nnc4ccccn34)cs2)cc1. The van der Waals surface area contributed by atoms with Crippen molar-refractivity contribution in [3.63, 3.8) is 0 Å². The molecular formula is C20H19N5O2S. The lowest BCUT2D eigenvalue weighted by atomic mass is 10.2. The number of benzene rings is 1. The largest absolute Gasteiger partial charge is 0.486 e. The highest BCUT2D eigenvalue weighted by Crippen LogP contribution is 2.16. The third-order valence-corrected chi connectivity index (χ3v) is 5.01. The molecular weight excluding hydrogens is 374 g/mol. The van der Waals surface area contributed by atoms with Crippen LogP contribution in [-0.4, -0.2) is 32.0 Å². The lowest BCUT2D eigenvalue weighted by Gasteiger charge is -2.04. The van der Waals surface area contributed by atoms with Gasteiger partial charge in [0.2, 0.25) is 0 Å². The zero-order chi connectivity index (χ0) is 19.3. The second kappa shape index (κ2) is 8.18. The molecule has 0 saturated carbocycles. The summed E-state index contributed by atoms with van der Waals surface area (Å²) < 4.78 is 7.62. The number of nitrogens with zero attached hydrogens (tertiary/aromatic N) is 4. The van der Waals surface area contributed by atoms with Crippen molar-refractivity contribution >= 4 is 22.9 Å². The summed E-state index contributed by atoms with van der Waals surface area (Å²) in [6, 6.07) is 13.6. The first kappa shape index (κ1) is 18.1. The van der Waals surface area contributed by atoms with Crippen molar-refractivity contribution < 1.29 is 9.53 Å². The van der Waals surface area contributed by atoms with E-state index in [0.29, 0.717) is 25.3 Å². The van der Waals surface area contributed by atoms with Gasteiger partial charge in [-0.1, -0.05) is 23.8 Å². The Balaban J connectivity index is 1.28. The first-order valence-corrected chi connectivity index (χ1v) is 9.78. The van der Waals surface area contributed by atoms with Crippen molar-refractivity contribution in [1.82, 2.24) is 24.9 Å². The van der Waals surface area contributed by atoms with Gasteiger partial charge in [-0.05, 0) is 31.2 Å². The molecule has 28 heavy (non-hydrogen) atoms. The smallest absolute Gasteiger partial charge is 0.270 e. The van der Waals surface area contributed by atoms with E-state index in [2.05, 4.69) is 20.5 Å². The van der Waals surface area contributed by atoms with Gasteiger partial charge in [-0.25, -0.2) is 4.98 Å². The van der Waals surface area contributed by atoms with Crippen molar-refractivity contribution in [3.05, 3.63) is 76.1 Å². The summed E-state index contributed by atoms with van der Waals surface area (Å²) in [5.41, 5.74) is 2.37. The maximum atomic E-state index is 12.3. The van der Waals surface area contributed by atoms with Crippen LogP contribution in [0.15, 0.2) is 54.0 Å². The molecule has 0 saturated heterocycles. The minimum atomic E-state index is -0.202. The normalized spacial score (nSPS) is 10.9. The predicted molar refractivity (Wildman–Crippen MR) is 107 cm³/mol. The molecule has 7 nitrogen and oxygen atoms in total. The van der Waals surface area contributed by atoms with Gasteiger partial charge in [0.15, 0.2) is 5.65 Å². The Morgan fingerprint density at radius 2 is 2.04 bits per heavy atom. The second-order valence-electron chi connectivity index (χ2n) is 6.28. The molecule has 0 atom stereocenters. The first-order valence-electron chi connectivity index (χ1n) is 8.90. The van der Waals surface area contributed by atoms with Crippen LogP contribution in [0, 0.1) is 6.92 Å². The number of hydrogen-bond donors (Lipinski definition) is 1. The summed E-state index contributed by atoms with van der Waals surface area (Å²) in [6.07, 6.45) is 2.50. The molecule has 1 aromatic carbocycles. The quantitative estimate of drug-likeness (QED) is 0.522. The van der Waals surface area contributed by atoms with E-state index in [0.717, 1.165) is 22.2 Å². The van der Waals surface area contributed by atoms with Crippen LogP contribution in [0.1, 0.15) is 26.9 Å². The van der Waals surface area contributed by atoms with Crippen LogP contribution in [-0.2, 0) is 13.0 Å². The van der Waals surface area contributed by atoms with E-state index < -0.39 is 0 Å². The number of rotatable bonds is 7. The maximum absolute atomic E-state index is 12.3. The molecule has 0 bridgehead atoms. The van der Waals surface area contributed by atoms with Crippen molar-refractivity contribution in [2.75, 3.05) is 6.54 Å². The van der Waals surface area contributed by atoms with Crippen LogP contribution in [0.4, 0.5) is 0 Å². The number of ether oxygens (including phenoxy) is 1. The van der Waals surface area contributed by atoms with Gasteiger partial charge in [-0.15, -0.1) is 21.5 Å². The third-order valence-electron chi connectivity index (χ3n) is 4.19. The number of fused-ring (bicyclic) bond motifs is 1. The lowest BCUT2D eigenvalue weighted by molar-refractivity contribution is 0.0949. The van der Waals surface area contributed by atoms with Crippen molar-refractivity contribution in [3.8, 4) is 5.75 Å². The highest BCUT2D eigenvalue weighted by molar-refractivity contribution is 7.09. The molecule has 4 aromatic rings. The molecule has 3 heterocycles. The zero-order valence-corrected chi connectivity index (χ0v) is 16.1. The Morgan fingerprint density at radius 1 is 1.18 bits per heavy atom. The number of hydrogen-bond acceptors (Lipinski definition) is 6. The maximum Gasteiger partial charge on any atom is 0.270 e. The van der Waals surface area contributed by atoms with Crippen LogP contribution in [0.5, 0.6) is 5.75 Å². The van der Waals surface area contributed by atoms with Crippen LogP contribution in [0.25, 0.3) is 5.65 Å². The number of amides is 1. The number of carbonyl (C=O) groups is 1. The van der Waals surface area contributed by atoms with Gasteiger partial charge in [-0.2, -0.15) is 0 Å². The van der Waals surface area contributed by atoms with Crippen LogP contribution >= 0.6 is 11.3 Å². The Kier molecular flexibility index (Phi) is 5.29. The topological polar surface area (TPSA) is 81.4 Å². The summed E-state index contributed by atoms with van der Waals surface area (Å²) in [5, 5.41) is 13.6. The van der Waals surface area contributed by atoms with E-state index >= 15 is 0 Å². The Labute approximate surface area is 166 Å². The Morgan fingerprint density at radius 3 is 2.89 bits per heavy atom. The minimum absolute atomic E-state index is 0.202. The minimum Gasteiger partial charge on any atom is -0.486 e. The molecule has 1 N–H and O–H groups in total. The average Bonchev–Trinajstić information content (AvgIpc) is 3.35. The molecule has 1 amide bonds. The van der Waals surface area contributed by atoms with Gasteiger partial charge in [0, 0.05) is 24.5 Å². The number of thiazole rings is 1. The van der Waals surface area contributed by atoms with Crippen LogP contribution in [0.3, 0.4) is 0 Å². The molecule has 4 rings (SSSR count). The molecule has 0 radical (unpaired) electrons. The monoisotopic (exact) mass is 393 g/mol.